The lowest BCUT2D eigenvalue weighted by Crippen LogP contribution is -2.50. The van der Waals surface area contributed by atoms with Crippen LogP contribution < -0.4 is 5.32 Å². The Balaban J connectivity index is 1.63. The van der Waals surface area contributed by atoms with Crippen LogP contribution in [0.4, 0.5) is 4.79 Å². The smallest absolute Gasteiger partial charge is 0.405 e. The summed E-state index contributed by atoms with van der Waals surface area (Å²) in [5.74, 6) is 0. The third kappa shape index (κ3) is 3.51. The highest BCUT2D eigenvalue weighted by atomic mass is 35.5. The Morgan fingerprint density at radius 1 is 1.00 bits per heavy atom. The van der Waals surface area contributed by atoms with E-state index in [1.165, 1.54) is 0 Å². The lowest BCUT2D eigenvalue weighted by Gasteiger charge is -2.42. The van der Waals surface area contributed by atoms with Gasteiger partial charge in [0.15, 0.2) is 0 Å². The molecule has 1 fully saturated rings. The first kappa shape index (κ1) is 19.5. The van der Waals surface area contributed by atoms with Gasteiger partial charge in [0.25, 0.3) is 0 Å². The average Bonchev–Trinajstić information content (AvgIpc) is 2.76. The predicted octanol–water partition coefficient (Wildman–Crippen LogP) is 6.26. The molecule has 0 saturated heterocycles. The molecule has 5 rings (SSSR count). The summed E-state index contributed by atoms with van der Waals surface area (Å²) in [4.78, 5) is 20.4. The Kier molecular flexibility index (Phi) is 4.83. The molecule has 0 atom stereocenters. The fraction of sp³-hybridized carbons (Fsp3) is 0.160. The van der Waals surface area contributed by atoms with Gasteiger partial charge in [-0.15, -0.1) is 0 Å². The standard InChI is InChI=1S/C25H20ClN3O2/c26-23-20-15-19(16-5-2-1-3-6-16)22(28-21(20)11-14-27-23)17-7-9-18(10-8-17)25(12-4-13-25)29-24(30)31/h1-3,5-11,14-15,29H,4,12-13H2,(H,30,31). The van der Waals surface area contributed by atoms with Crippen molar-refractivity contribution < 1.29 is 9.90 Å². The number of fused-ring (bicyclic) bond motifs is 1. The molecule has 1 aliphatic rings. The molecule has 6 heteroatoms. The van der Waals surface area contributed by atoms with Crippen molar-refractivity contribution in [3.05, 3.63) is 83.6 Å². The van der Waals surface area contributed by atoms with E-state index in [4.69, 9.17) is 16.6 Å². The molecular weight excluding hydrogens is 410 g/mol. The summed E-state index contributed by atoms with van der Waals surface area (Å²) in [6.45, 7) is 0. The molecule has 2 heterocycles. The van der Waals surface area contributed by atoms with Crippen molar-refractivity contribution in [1.29, 1.82) is 0 Å². The molecule has 2 aromatic carbocycles. The average molecular weight is 430 g/mol. The summed E-state index contributed by atoms with van der Waals surface area (Å²) >= 11 is 6.34. The van der Waals surface area contributed by atoms with Gasteiger partial charge in [-0.25, -0.2) is 14.8 Å². The molecule has 2 N–H and O–H groups in total. The highest BCUT2D eigenvalue weighted by molar-refractivity contribution is 6.34. The first-order valence-electron chi connectivity index (χ1n) is 10.2. The number of nitrogens with one attached hydrogen (secondary N) is 1. The lowest BCUT2D eigenvalue weighted by atomic mass is 9.71. The van der Waals surface area contributed by atoms with Gasteiger partial charge in [-0.3, -0.25) is 0 Å². The zero-order valence-corrected chi connectivity index (χ0v) is 17.4. The maximum absolute atomic E-state index is 11.3. The third-order valence-corrected chi connectivity index (χ3v) is 6.34. The van der Waals surface area contributed by atoms with Crippen molar-refractivity contribution in [3.63, 3.8) is 0 Å². The van der Waals surface area contributed by atoms with Gasteiger partial charge >= 0.3 is 6.09 Å². The maximum atomic E-state index is 11.3. The van der Waals surface area contributed by atoms with Crippen LogP contribution in [0.5, 0.6) is 0 Å². The van der Waals surface area contributed by atoms with Crippen LogP contribution in [0.2, 0.25) is 5.15 Å². The Morgan fingerprint density at radius 3 is 2.39 bits per heavy atom. The van der Waals surface area contributed by atoms with Gasteiger partial charge in [-0.2, -0.15) is 0 Å². The summed E-state index contributed by atoms with van der Waals surface area (Å²) in [5.41, 5.74) is 5.10. The number of nitrogens with zero attached hydrogens (tertiary/aromatic N) is 2. The van der Waals surface area contributed by atoms with Gasteiger partial charge in [0.05, 0.1) is 16.7 Å². The number of halogens is 1. The van der Waals surface area contributed by atoms with Crippen LogP contribution in [0.15, 0.2) is 72.9 Å². The topological polar surface area (TPSA) is 75.1 Å². The molecular formula is C25H20ClN3O2. The second kappa shape index (κ2) is 7.67. The second-order valence-corrected chi connectivity index (χ2v) is 8.22. The number of aromatic nitrogens is 2. The molecule has 5 nitrogen and oxygen atoms in total. The molecule has 0 bridgehead atoms. The number of amides is 1. The minimum absolute atomic E-state index is 0.427. The van der Waals surface area contributed by atoms with E-state index in [0.717, 1.165) is 58.1 Å². The van der Waals surface area contributed by atoms with Gasteiger partial charge < -0.3 is 10.4 Å². The maximum Gasteiger partial charge on any atom is 0.405 e. The molecule has 0 spiro atoms. The molecule has 154 valence electrons. The van der Waals surface area contributed by atoms with Crippen molar-refractivity contribution in [3.8, 4) is 22.4 Å². The normalized spacial score (nSPS) is 14.7. The molecule has 31 heavy (non-hydrogen) atoms. The van der Waals surface area contributed by atoms with Crippen LogP contribution in [0.1, 0.15) is 24.8 Å². The van der Waals surface area contributed by atoms with E-state index in [-0.39, 0.29) is 0 Å². The third-order valence-electron chi connectivity index (χ3n) is 6.04. The van der Waals surface area contributed by atoms with E-state index in [0.29, 0.717) is 5.15 Å². The lowest BCUT2D eigenvalue weighted by molar-refractivity contribution is 0.144. The number of pyridine rings is 2. The Labute approximate surface area is 184 Å². The summed E-state index contributed by atoms with van der Waals surface area (Å²) in [6, 6.07) is 22.0. The first-order valence-corrected chi connectivity index (χ1v) is 10.6. The van der Waals surface area contributed by atoms with Gasteiger partial charge in [0, 0.05) is 22.7 Å². The number of hydrogen-bond acceptors (Lipinski definition) is 3. The number of carboxylic acid groups (broad SMARTS) is 1. The van der Waals surface area contributed by atoms with Gasteiger partial charge in [0.1, 0.15) is 5.15 Å². The van der Waals surface area contributed by atoms with Crippen LogP contribution in [0.25, 0.3) is 33.3 Å². The minimum atomic E-state index is -0.989. The first-order chi connectivity index (χ1) is 15.1. The van der Waals surface area contributed by atoms with Gasteiger partial charge in [-0.1, -0.05) is 66.2 Å². The van der Waals surface area contributed by atoms with E-state index in [1.807, 2.05) is 66.7 Å². The number of hydrogen-bond donors (Lipinski definition) is 2. The fourth-order valence-corrected chi connectivity index (χ4v) is 4.50. The zero-order chi connectivity index (χ0) is 21.4. The van der Waals surface area contributed by atoms with E-state index in [9.17, 15) is 9.90 Å². The van der Waals surface area contributed by atoms with E-state index < -0.39 is 11.6 Å². The summed E-state index contributed by atoms with van der Waals surface area (Å²) in [6.07, 6.45) is 3.31. The van der Waals surface area contributed by atoms with Crippen molar-refractivity contribution >= 4 is 28.6 Å². The SMILES string of the molecule is O=C(O)NC1(c2ccc(-c3nc4ccnc(Cl)c4cc3-c3ccccc3)cc2)CCC1. The number of rotatable bonds is 4. The zero-order valence-electron chi connectivity index (χ0n) is 16.7. The molecule has 2 aromatic heterocycles. The molecule has 1 amide bonds. The molecule has 0 unspecified atom stereocenters. The summed E-state index contributed by atoms with van der Waals surface area (Å²) in [7, 11) is 0. The highest BCUT2D eigenvalue weighted by Crippen LogP contribution is 2.42. The second-order valence-electron chi connectivity index (χ2n) is 7.86. The quantitative estimate of drug-likeness (QED) is 0.375. The molecule has 0 aliphatic heterocycles. The molecule has 1 saturated carbocycles. The molecule has 1 aliphatic carbocycles. The Hall–Kier alpha value is -3.44. The van der Waals surface area contributed by atoms with Crippen LogP contribution >= 0.6 is 11.6 Å². The fourth-order valence-electron chi connectivity index (χ4n) is 4.29. The monoisotopic (exact) mass is 429 g/mol. The van der Waals surface area contributed by atoms with Crippen molar-refractivity contribution in [2.24, 2.45) is 0 Å². The van der Waals surface area contributed by atoms with Crippen molar-refractivity contribution in [2.45, 2.75) is 24.8 Å². The van der Waals surface area contributed by atoms with Crippen LogP contribution in [0.3, 0.4) is 0 Å². The number of carbonyl (C=O) groups is 1. The highest BCUT2D eigenvalue weighted by Gasteiger charge is 2.40. The molecule has 0 radical (unpaired) electrons. The van der Waals surface area contributed by atoms with Gasteiger partial charge in [-0.05, 0) is 42.5 Å². The number of benzene rings is 2. The molecule has 4 aromatic rings. The predicted molar refractivity (Wildman–Crippen MR) is 122 cm³/mol. The largest absolute Gasteiger partial charge is 0.465 e. The van der Waals surface area contributed by atoms with E-state index in [2.05, 4.69) is 10.3 Å². The summed E-state index contributed by atoms with van der Waals surface area (Å²) in [5, 5.41) is 13.2. The minimum Gasteiger partial charge on any atom is -0.465 e. The van der Waals surface area contributed by atoms with Gasteiger partial charge in [0.2, 0.25) is 0 Å². The van der Waals surface area contributed by atoms with Crippen molar-refractivity contribution in [2.75, 3.05) is 0 Å². The Bertz CT molecular complexity index is 1270. The van der Waals surface area contributed by atoms with Crippen LogP contribution in [-0.4, -0.2) is 21.2 Å². The van der Waals surface area contributed by atoms with Crippen LogP contribution in [0, 0.1) is 0 Å². The van der Waals surface area contributed by atoms with E-state index >= 15 is 0 Å². The Morgan fingerprint density at radius 2 is 1.74 bits per heavy atom. The van der Waals surface area contributed by atoms with Crippen molar-refractivity contribution in [1.82, 2.24) is 15.3 Å². The van der Waals surface area contributed by atoms with E-state index in [1.54, 1.807) is 6.20 Å². The summed E-state index contributed by atoms with van der Waals surface area (Å²) < 4.78 is 0. The van der Waals surface area contributed by atoms with Crippen LogP contribution in [-0.2, 0) is 5.54 Å².